The predicted molar refractivity (Wildman–Crippen MR) is 76.9 cm³/mol. The van der Waals surface area contributed by atoms with Gasteiger partial charge in [-0.3, -0.25) is 0 Å². The van der Waals surface area contributed by atoms with Gasteiger partial charge in [0.05, 0.1) is 11.0 Å². The second-order valence-electron chi connectivity index (χ2n) is 5.30. The number of sulfonamides is 1. The van der Waals surface area contributed by atoms with Gasteiger partial charge in [0.2, 0.25) is 10.0 Å². The SMILES string of the molecule is CNCc1cc(S(=O)(=O)NC2CCC(OC)C2)cn1C. The highest BCUT2D eigenvalue weighted by molar-refractivity contribution is 7.89. The average Bonchev–Trinajstić information content (AvgIpc) is 2.97. The lowest BCUT2D eigenvalue weighted by Crippen LogP contribution is -2.33. The first-order chi connectivity index (χ1) is 9.46. The van der Waals surface area contributed by atoms with Crippen molar-refractivity contribution in [2.45, 2.75) is 42.8 Å². The van der Waals surface area contributed by atoms with Crippen LogP contribution in [0.4, 0.5) is 0 Å². The normalized spacial score (nSPS) is 23.4. The highest BCUT2D eigenvalue weighted by Gasteiger charge is 2.29. The molecule has 0 amide bonds. The topological polar surface area (TPSA) is 72.4 Å². The first kappa shape index (κ1) is 15.5. The van der Waals surface area contributed by atoms with Crippen molar-refractivity contribution < 1.29 is 13.2 Å². The maximum Gasteiger partial charge on any atom is 0.242 e. The predicted octanol–water partition coefficient (Wildman–Crippen LogP) is 0.590. The summed E-state index contributed by atoms with van der Waals surface area (Å²) in [5, 5.41) is 3.02. The van der Waals surface area contributed by atoms with E-state index in [0.29, 0.717) is 11.4 Å². The molecule has 1 saturated carbocycles. The van der Waals surface area contributed by atoms with Crippen LogP contribution < -0.4 is 10.0 Å². The molecular weight excluding hydrogens is 278 g/mol. The maximum atomic E-state index is 12.4. The monoisotopic (exact) mass is 301 g/mol. The van der Waals surface area contributed by atoms with Crippen LogP contribution in [0.25, 0.3) is 0 Å². The van der Waals surface area contributed by atoms with Crippen molar-refractivity contribution in [3.63, 3.8) is 0 Å². The Morgan fingerprint density at radius 1 is 1.45 bits per heavy atom. The van der Waals surface area contributed by atoms with Gasteiger partial charge in [0.15, 0.2) is 0 Å². The molecule has 1 aliphatic carbocycles. The highest BCUT2D eigenvalue weighted by Crippen LogP contribution is 2.23. The van der Waals surface area contributed by atoms with Crippen molar-refractivity contribution >= 4 is 10.0 Å². The molecule has 2 rings (SSSR count). The van der Waals surface area contributed by atoms with Crippen LogP contribution in [0.2, 0.25) is 0 Å². The Labute approximate surface area is 120 Å². The van der Waals surface area contributed by atoms with Crippen LogP contribution in [-0.2, 0) is 28.4 Å². The van der Waals surface area contributed by atoms with E-state index in [1.54, 1.807) is 19.4 Å². The zero-order valence-electron chi connectivity index (χ0n) is 12.2. The minimum absolute atomic E-state index is 0.0297. The van der Waals surface area contributed by atoms with Crippen LogP contribution in [0.15, 0.2) is 17.2 Å². The van der Waals surface area contributed by atoms with E-state index < -0.39 is 10.0 Å². The average molecular weight is 301 g/mol. The van der Waals surface area contributed by atoms with E-state index in [1.807, 2.05) is 18.7 Å². The fourth-order valence-electron chi connectivity index (χ4n) is 2.63. The van der Waals surface area contributed by atoms with E-state index in [1.165, 1.54) is 0 Å². The lowest BCUT2D eigenvalue weighted by molar-refractivity contribution is 0.107. The standard InChI is InChI=1S/C13H23N3O3S/c1-14-8-11-7-13(9-16(11)2)20(17,18)15-10-4-5-12(6-10)19-3/h7,9-10,12,14-15H,4-6,8H2,1-3H3. The molecule has 2 atom stereocenters. The third-order valence-electron chi connectivity index (χ3n) is 3.79. The van der Waals surface area contributed by atoms with Crippen molar-refractivity contribution in [2.75, 3.05) is 14.2 Å². The third kappa shape index (κ3) is 3.41. The molecule has 114 valence electrons. The third-order valence-corrected chi connectivity index (χ3v) is 5.28. The van der Waals surface area contributed by atoms with Gasteiger partial charge in [-0.15, -0.1) is 0 Å². The van der Waals surface area contributed by atoms with Crippen molar-refractivity contribution in [1.82, 2.24) is 14.6 Å². The molecule has 1 aromatic rings. The van der Waals surface area contributed by atoms with Crippen LogP contribution >= 0.6 is 0 Å². The van der Waals surface area contributed by atoms with Gasteiger partial charge in [-0.1, -0.05) is 0 Å². The molecule has 0 spiro atoms. The molecule has 7 heteroatoms. The Kier molecular flexibility index (Phi) is 4.85. The zero-order chi connectivity index (χ0) is 14.8. The molecule has 0 aliphatic heterocycles. The lowest BCUT2D eigenvalue weighted by Gasteiger charge is -2.12. The van der Waals surface area contributed by atoms with Crippen LogP contribution in [0, 0.1) is 0 Å². The van der Waals surface area contributed by atoms with Crippen LogP contribution in [0.3, 0.4) is 0 Å². The summed E-state index contributed by atoms with van der Waals surface area (Å²) in [5.41, 5.74) is 0.939. The molecule has 1 aliphatic rings. The van der Waals surface area contributed by atoms with E-state index in [2.05, 4.69) is 10.0 Å². The van der Waals surface area contributed by atoms with Gasteiger partial charge in [-0.25, -0.2) is 13.1 Å². The van der Waals surface area contributed by atoms with E-state index >= 15 is 0 Å². The number of aryl methyl sites for hydroxylation is 1. The molecule has 2 unspecified atom stereocenters. The molecule has 0 bridgehead atoms. The van der Waals surface area contributed by atoms with E-state index in [-0.39, 0.29) is 12.1 Å². The Balaban J connectivity index is 2.08. The Hall–Kier alpha value is -0.890. The maximum absolute atomic E-state index is 12.4. The lowest BCUT2D eigenvalue weighted by atomic mass is 10.3. The number of hydrogen-bond donors (Lipinski definition) is 2. The number of nitrogens with one attached hydrogen (secondary N) is 2. The number of aromatic nitrogens is 1. The van der Waals surface area contributed by atoms with Crippen molar-refractivity contribution in [3.05, 3.63) is 18.0 Å². The summed E-state index contributed by atoms with van der Waals surface area (Å²) in [6, 6.07) is 1.68. The van der Waals surface area contributed by atoms with E-state index in [0.717, 1.165) is 25.0 Å². The Bertz CT molecular complexity index is 553. The molecule has 1 heterocycles. The summed E-state index contributed by atoms with van der Waals surface area (Å²) in [6.45, 7) is 0.640. The van der Waals surface area contributed by atoms with E-state index in [4.69, 9.17) is 4.74 Å². The molecule has 0 aromatic carbocycles. The molecular formula is C13H23N3O3S. The first-order valence-corrected chi connectivity index (χ1v) is 8.29. The molecule has 1 fully saturated rings. The molecule has 0 saturated heterocycles. The van der Waals surface area contributed by atoms with Crippen LogP contribution in [0.5, 0.6) is 0 Å². The highest BCUT2D eigenvalue weighted by atomic mass is 32.2. The van der Waals surface area contributed by atoms with Crippen molar-refractivity contribution in [2.24, 2.45) is 7.05 Å². The van der Waals surface area contributed by atoms with Crippen LogP contribution in [-0.4, -0.2) is 39.3 Å². The smallest absolute Gasteiger partial charge is 0.242 e. The minimum atomic E-state index is -3.45. The second kappa shape index (κ2) is 6.26. The van der Waals surface area contributed by atoms with Gasteiger partial charge in [0.1, 0.15) is 0 Å². The Morgan fingerprint density at radius 2 is 2.20 bits per heavy atom. The summed E-state index contributed by atoms with van der Waals surface area (Å²) in [7, 11) is 1.91. The molecule has 6 nitrogen and oxygen atoms in total. The zero-order valence-corrected chi connectivity index (χ0v) is 13.0. The summed E-state index contributed by atoms with van der Waals surface area (Å²) in [4.78, 5) is 0.325. The minimum Gasteiger partial charge on any atom is -0.381 e. The quantitative estimate of drug-likeness (QED) is 0.807. The second-order valence-corrected chi connectivity index (χ2v) is 7.01. The molecule has 2 N–H and O–H groups in total. The Morgan fingerprint density at radius 3 is 2.80 bits per heavy atom. The van der Waals surface area contributed by atoms with Gasteiger partial charge in [-0.2, -0.15) is 0 Å². The largest absolute Gasteiger partial charge is 0.381 e. The number of nitrogens with zero attached hydrogens (tertiary/aromatic N) is 1. The molecule has 1 aromatic heterocycles. The fourth-order valence-corrected chi connectivity index (χ4v) is 4.01. The number of methoxy groups -OCH3 is 1. The van der Waals surface area contributed by atoms with Gasteiger partial charge >= 0.3 is 0 Å². The number of hydrogen-bond acceptors (Lipinski definition) is 4. The summed E-state index contributed by atoms with van der Waals surface area (Å²) >= 11 is 0. The van der Waals surface area contributed by atoms with Gasteiger partial charge in [0.25, 0.3) is 0 Å². The van der Waals surface area contributed by atoms with Crippen LogP contribution in [0.1, 0.15) is 25.0 Å². The van der Waals surface area contributed by atoms with Crippen molar-refractivity contribution in [3.8, 4) is 0 Å². The van der Waals surface area contributed by atoms with Crippen molar-refractivity contribution in [1.29, 1.82) is 0 Å². The first-order valence-electron chi connectivity index (χ1n) is 6.81. The summed E-state index contributed by atoms with van der Waals surface area (Å²) < 4.78 is 34.6. The molecule has 0 radical (unpaired) electrons. The summed E-state index contributed by atoms with van der Waals surface area (Å²) in [5.74, 6) is 0. The van der Waals surface area contributed by atoms with E-state index in [9.17, 15) is 8.42 Å². The molecule has 20 heavy (non-hydrogen) atoms. The number of ether oxygens (including phenoxy) is 1. The number of rotatable bonds is 6. The van der Waals surface area contributed by atoms with Gasteiger partial charge in [-0.05, 0) is 32.4 Å². The fraction of sp³-hybridized carbons (Fsp3) is 0.692. The van der Waals surface area contributed by atoms with Gasteiger partial charge in [0, 0.05) is 38.6 Å². The van der Waals surface area contributed by atoms with Gasteiger partial charge < -0.3 is 14.6 Å². The summed E-state index contributed by atoms with van der Waals surface area (Å²) in [6.07, 6.45) is 4.29.